The standard InChI is InChI=1S/3C11H7FN.Ir/c3*12-10-6-2-1-5-9(10)11-7-3-4-8-13-11;/h3*1-4,6-8H;/q3*-1;+3. The Kier molecular flexibility index (Phi) is 11.9. The fourth-order valence-corrected chi connectivity index (χ4v) is 3.37. The first kappa shape index (κ1) is 30.1. The molecule has 3 nitrogen and oxygen atoms in total. The molecule has 198 valence electrons. The van der Waals surface area contributed by atoms with E-state index in [1.54, 1.807) is 91.4 Å². The molecule has 0 saturated heterocycles. The maximum Gasteiger partial charge on any atom is 3.00 e. The molecule has 0 atom stereocenters. The third-order valence-electron chi connectivity index (χ3n) is 5.18. The second kappa shape index (κ2) is 15.8. The third-order valence-corrected chi connectivity index (χ3v) is 5.18. The minimum atomic E-state index is -0.291. The van der Waals surface area contributed by atoms with Crippen LogP contribution in [0.4, 0.5) is 13.2 Å². The molecule has 0 N–H and O–H groups in total. The van der Waals surface area contributed by atoms with Crippen molar-refractivity contribution in [1.82, 2.24) is 15.0 Å². The minimum Gasteiger partial charge on any atom is -0.305 e. The smallest absolute Gasteiger partial charge is 0.305 e. The van der Waals surface area contributed by atoms with Crippen LogP contribution < -0.4 is 0 Å². The number of hydrogen-bond acceptors (Lipinski definition) is 3. The molecule has 0 spiro atoms. The molecule has 40 heavy (non-hydrogen) atoms. The Hall–Kier alpha value is -4.45. The average molecular weight is 709 g/mol. The van der Waals surface area contributed by atoms with Gasteiger partial charge in [0, 0.05) is 36.0 Å². The largest absolute Gasteiger partial charge is 3.00 e. The molecule has 0 radical (unpaired) electrons. The summed E-state index contributed by atoms with van der Waals surface area (Å²) in [5, 5.41) is 0. The van der Waals surface area contributed by atoms with Crippen molar-refractivity contribution < 1.29 is 33.3 Å². The average Bonchev–Trinajstić information content (AvgIpc) is 3.00. The number of halogens is 3. The number of pyridine rings is 3. The summed E-state index contributed by atoms with van der Waals surface area (Å²) >= 11 is 0. The molecule has 6 aromatic rings. The summed E-state index contributed by atoms with van der Waals surface area (Å²) < 4.78 is 39.6. The van der Waals surface area contributed by atoms with Crippen LogP contribution >= 0.6 is 0 Å². The van der Waals surface area contributed by atoms with Gasteiger partial charge in [0.05, 0.1) is 0 Å². The van der Waals surface area contributed by atoms with Crippen LogP contribution in [0.25, 0.3) is 33.8 Å². The van der Waals surface area contributed by atoms with E-state index in [0.29, 0.717) is 33.8 Å². The van der Waals surface area contributed by atoms with Crippen LogP contribution in [0.2, 0.25) is 0 Å². The second-order valence-corrected chi connectivity index (χ2v) is 7.82. The van der Waals surface area contributed by atoms with Gasteiger partial charge in [0.15, 0.2) is 0 Å². The first-order valence-corrected chi connectivity index (χ1v) is 11.9. The van der Waals surface area contributed by atoms with Crippen molar-refractivity contribution in [2.24, 2.45) is 0 Å². The maximum atomic E-state index is 13.2. The summed E-state index contributed by atoms with van der Waals surface area (Å²) in [6.07, 6.45) is 4.90. The Morgan fingerprint density at radius 2 is 0.700 bits per heavy atom. The molecular formula is C33H21F3IrN3. The van der Waals surface area contributed by atoms with Crippen LogP contribution in [0.3, 0.4) is 0 Å². The van der Waals surface area contributed by atoms with Crippen molar-refractivity contribution in [2.75, 3.05) is 0 Å². The summed E-state index contributed by atoms with van der Waals surface area (Å²) in [5.41, 5.74) is 3.09. The van der Waals surface area contributed by atoms with Crippen molar-refractivity contribution in [2.45, 2.75) is 0 Å². The zero-order valence-electron chi connectivity index (χ0n) is 20.9. The second-order valence-electron chi connectivity index (χ2n) is 7.82. The van der Waals surface area contributed by atoms with Gasteiger partial charge in [-0.25, -0.2) is 0 Å². The molecule has 0 aliphatic heterocycles. The van der Waals surface area contributed by atoms with Gasteiger partial charge in [-0.1, -0.05) is 53.1 Å². The van der Waals surface area contributed by atoms with E-state index >= 15 is 0 Å². The quantitative estimate of drug-likeness (QED) is 0.175. The molecule has 6 rings (SSSR count). The Morgan fingerprint density at radius 1 is 0.400 bits per heavy atom. The summed E-state index contributed by atoms with van der Waals surface area (Å²) in [6, 6.07) is 38.6. The van der Waals surface area contributed by atoms with Crippen LogP contribution in [0, 0.1) is 35.7 Å². The Labute approximate surface area is 244 Å². The van der Waals surface area contributed by atoms with Crippen LogP contribution in [0.1, 0.15) is 0 Å². The van der Waals surface area contributed by atoms with Gasteiger partial charge in [-0.05, 0) is 35.3 Å². The van der Waals surface area contributed by atoms with E-state index in [2.05, 4.69) is 33.2 Å². The molecule has 0 saturated carbocycles. The van der Waals surface area contributed by atoms with Gasteiger partial charge >= 0.3 is 20.1 Å². The number of rotatable bonds is 3. The first-order chi connectivity index (χ1) is 19.1. The molecule has 7 heteroatoms. The van der Waals surface area contributed by atoms with Crippen LogP contribution in [-0.2, 0) is 20.1 Å². The van der Waals surface area contributed by atoms with Crippen molar-refractivity contribution in [3.05, 3.63) is 163 Å². The first-order valence-electron chi connectivity index (χ1n) is 11.9. The van der Waals surface area contributed by atoms with Crippen LogP contribution in [0.15, 0.2) is 128 Å². The van der Waals surface area contributed by atoms with Gasteiger partial charge in [0.1, 0.15) is 0 Å². The number of benzene rings is 3. The number of hydrogen-bond donors (Lipinski definition) is 0. The summed E-state index contributed by atoms with van der Waals surface area (Å²) in [6.45, 7) is 0. The molecule has 3 aromatic heterocycles. The van der Waals surface area contributed by atoms with E-state index in [9.17, 15) is 13.2 Å². The molecule has 0 unspecified atom stereocenters. The van der Waals surface area contributed by atoms with Crippen molar-refractivity contribution >= 4 is 0 Å². The molecule has 0 aliphatic rings. The monoisotopic (exact) mass is 709 g/mol. The van der Waals surface area contributed by atoms with Gasteiger partial charge in [-0.3, -0.25) is 13.2 Å². The molecule has 0 bridgehead atoms. The minimum absolute atomic E-state index is 0. The van der Waals surface area contributed by atoms with Gasteiger partial charge in [0.2, 0.25) is 0 Å². The predicted molar refractivity (Wildman–Crippen MR) is 145 cm³/mol. The molecular weight excluding hydrogens is 688 g/mol. The zero-order valence-corrected chi connectivity index (χ0v) is 23.3. The zero-order chi connectivity index (χ0) is 27.3. The van der Waals surface area contributed by atoms with E-state index in [1.165, 1.54) is 18.2 Å². The van der Waals surface area contributed by atoms with Crippen LogP contribution in [-0.4, -0.2) is 15.0 Å². The van der Waals surface area contributed by atoms with E-state index in [0.717, 1.165) is 0 Å². The van der Waals surface area contributed by atoms with E-state index in [4.69, 9.17) is 0 Å². The van der Waals surface area contributed by atoms with Gasteiger partial charge in [-0.15, -0.1) is 72.8 Å². The Balaban J connectivity index is 0.000000163. The Bertz CT molecular complexity index is 1390. The molecule has 0 amide bonds. The van der Waals surface area contributed by atoms with Crippen LogP contribution in [0.5, 0.6) is 0 Å². The van der Waals surface area contributed by atoms with Gasteiger partial charge in [0.25, 0.3) is 0 Å². The number of aromatic nitrogens is 3. The fraction of sp³-hybridized carbons (Fsp3) is 0. The Morgan fingerprint density at radius 3 is 0.925 bits per heavy atom. The van der Waals surface area contributed by atoms with Crippen molar-refractivity contribution in [1.29, 1.82) is 0 Å². The maximum absolute atomic E-state index is 13.2. The van der Waals surface area contributed by atoms with E-state index < -0.39 is 0 Å². The molecule has 3 aromatic carbocycles. The molecule has 0 aliphatic carbocycles. The van der Waals surface area contributed by atoms with E-state index in [1.807, 2.05) is 18.2 Å². The number of nitrogens with zero attached hydrogens (tertiary/aromatic N) is 3. The topological polar surface area (TPSA) is 38.7 Å². The normalized spacial score (nSPS) is 9.68. The molecule has 0 fully saturated rings. The van der Waals surface area contributed by atoms with Crippen molar-refractivity contribution in [3.8, 4) is 33.8 Å². The van der Waals surface area contributed by atoms with Gasteiger partial charge < -0.3 is 15.0 Å². The predicted octanol–water partition coefficient (Wildman–Crippen LogP) is 8.06. The summed E-state index contributed by atoms with van der Waals surface area (Å²) in [7, 11) is 0. The van der Waals surface area contributed by atoms with Gasteiger partial charge in [-0.2, -0.15) is 0 Å². The van der Waals surface area contributed by atoms with Crippen molar-refractivity contribution in [3.63, 3.8) is 0 Å². The summed E-state index contributed by atoms with van der Waals surface area (Å²) in [5.74, 6) is -0.872. The fourth-order valence-electron chi connectivity index (χ4n) is 3.37. The third kappa shape index (κ3) is 8.53. The summed E-state index contributed by atoms with van der Waals surface area (Å²) in [4.78, 5) is 12.1. The van der Waals surface area contributed by atoms with E-state index in [-0.39, 0.29) is 37.6 Å². The molecule has 3 heterocycles. The SMILES string of the molecule is Fc1ccc[c-]c1-c1ccccn1.Fc1ccc[c-]c1-c1ccccn1.Fc1ccc[c-]c1-c1ccccn1.[Ir+3].